The lowest BCUT2D eigenvalue weighted by Crippen LogP contribution is -2.16. The summed E-state index contributed by atoms with van der Waals surface area (Å²) < 4.78 is 0. The Kier molecular flexibility index (Phi) is 4.25. The Bertz CT molecular complexity index is 379. The molecule has 0 heterocycles. The number of nitro groups is 1. The van der Waals surface area contributed by atoms with Crippen LogP contribution in [0.15, 0.2) is 18.2 Å². The van der Waals surface area contributed by atoms with Crippen LogP contribution in [0.3, 0.4) is 0 Å². The molecule has 1 aromatic rings. The minimum absolute atomic E-state index is 0.129. The number of nitro benzene ring substituents is 1. The summed E-state index contributed by atoms with van der Waals surface area (Å²) >= 11 is 0. The van der Waals surface area contributed by atoms with Gasteiger partial charge in [-0.3, -0.25) is 10.1 Å². The number of benzene rings is 1. The van der Waals surface area contributed by atoms with Crippen LogP contribution in [-0.2, 0) is 6.54 Å². The van der Waals surface area contributed by atoms with E-state index in [2.05, 4.69) is 17.1 Å². The van der Waals surface area contributed by atoms with E-state index in [1.807, 2.05) is 13.1 Å². The molecule has 0 atom stereocenters. The third-order valence-corrected chi connectivity index (χ3v) is 2.52. The summed E-state index contributed by atoms with van der Waals surface area (Å²) in [4.78, 5) is 12.6. The summed E-state index contributed by atoms with van der Waals surface area (Å²) in [6.07, 6.45) is 0. The van der Waals surface area contributed by atoms with Crippen molar-refractivity contribution in [3.63, 3.8) is 0 Å². The molecule has 0 aliphatic heterocycles. The highest BCUT2D eigenvalue weighted by atomic mass is 16.6. The number of anilines is 1. The van der Waals surface area contributed by atoms with Gasteiger partial charge >= 0.3 is 0 Å². The van der Waals surface area contributed by atoms with Crippen molar-refractivity contribution in [1.82, 2.24) is 4.90 Å². The molecule has 1 aromatic carbocycles. The molecular weight excluding hydrogens is 206 g/mol. The van der Waals surface area contributed by atoms with Gasteiger partial charge in [-0.25, -0.2) is 0 Å². The molecule has 5 heteroatoms. The van der Waals surface area contributed by atoms with Crippen LogP contribution in [0.25, 0.3) is 0 Å². The fourth-order valence-corrected chi connectivity index (χ4v) is 1.46. The fourth-order valence-electron chi connectivity index (χ4n) is 1.46. The molecule has 0 saturated carbocycles. The SMILES string of the molecule is CCN(C)Cc1ccc(NC)c([N+](=O)[O-])c1. The van der Waals surface area contributed by atoms with E-state index in [-0.39, 0.29) is 10.6 Å². The van der Waals surface area contributed by atoms with Crippen molar-refractivity contribution in [1.29, 1.82) is 0 Å². The maximum atomic E-state index is 10.8. The van der Waals surface area contributed by atoms with Crippen LogP contribution in [0, 0.1) is 10.1 Å². The molecule has 0 fully saturated rings. The van der Waals surface area contributed by atoms with Crippen molar-refractivity contribution in [2.24, 2.45) is 0 Å². The molecule has 88 valence electrons. The highest BCUT2D eigenvalue weighted by Gasteiger charge is 2.13. The Morgan fingerprint density at radius 3 is 2.69 bits per heavy atom. The van der Waals surface area contributed by atoms with Gasteiger partial charge in [-0.2, -0.15) is 0 Å². The van der Waals surface area contributed by atoms with Crippen molar-refractivity contribution in [2.75, 3.05) is 26.0 Å². The zero-order chi connectivity index (χ0) is 12.1. The summed E-state index contributed by atoms with van der Waals surface area (Å²) in [6, 6.07) is 5.28. The van der Waals surface area contributed by atoms with E-state index in [9.17, 15) is 10.1 Å². The van der Waals surface area contributed by atoms with Crippen LogP contribution in [0.2, 0.25) is 0 Å². The first-order valence-corrected chi connectivity index (χ1v) is 5.22. The number of nitrogens with one attached hydrogen (secondary N) is 1. The molecule has 1 N–H and O–H groups in total. The molecule has 0 bridgehead atoms. The lowest BCUT2D eigenvalue weighted by molar-refractivity contribution is -0.384. The Morgan fingerprint density at radius 1 is 1.50 bits per heavy atom. The van der Waals surface area contributed by atoms with E-state index in [0.717, 1.165) is 18.7 Å². The number of hydrogen-bond donors (Lipinski definition) is 1. The third-order valence-electron chi connectivity index (χ3n) is 2.52. The van der Waals surface area contributed by atoms with E-state index >= 15 is 0 Å². The molecule has 0 aromatic heterocycles. The Morgan fingerprint density at radius 2 is 2.19 bits per heavy atom. The zero-order valence-corrected chi connectivity index (χ0v) is 9.86. The highest BCUT2D eigenvalue weighted by Crippen LogP contribution is 2.25. The number of rotatable bonds is 5. The van der Waals surface area contributed by atoms with E-state index in [1.54, 1.807) is 19.2 Å². The molecule has 0 saturated heterocycles. The fraction of sp³-hybridized carbons (Fsp3) is 0.455. The van der Waals surface area contributed by atoms with Gasteiger partial charge in [0.2, 0.25) is 0 Å². The van der Waals surface area contributed by atoms with Crippen molar-refractivity contribution >= 4 is 11.4 Å². The quantitative estimate of drug-likeness (QED) is 0.613. The average Bonchev–Trinajstić information content (AvgIpc) is 2.28. The Labute approximate surface area is 95.2 Å². The van der Waals surface area contributed by atoms with Crippen molar-refractivity contribution in [3.05, 3.63) is 33.9 Å². The second-order valence-corrected chi connectivity index (χ2v) is 3.69. The van der Waals surface area contributed by atoms with Gasteiger partial charge in [0.05, 0.1) is 4.92 Å². The van der Waals surface area contributed by atoms with Gasteiger partial charge in [0, 0.05) is 19.7 Å². The first kappa shape index (κ1) is 12.4. The molecular formula is C11H17N3O2. The minimum Gasteiger partial charge on any atom is -0.383 e. The molecule has 0 radical (unpaired) electrons. The van der Waals surface area contributed by atoms with E-state index in [0.29, 0.717) is 5.69 Å². The highest BCUT2D eigenvalue weighted by molar-refractivity contribution is 5.62. The van der Waals surface area contributed by atoms with E-state index in [4.69, 9.17) is 0 Å². The van der Waals surface area contributed by atoms with Gasteiger partial charge in [-0.1, -0.05) is 13.0 Å². The molecule has 0 unspecified atom stereocenters. The summed E-state index contributed by atoms with van der Waals surface area (Å²) in [5, 5.41) is 13.7. The molecule has 0 aliphatic carbocycles. The van der Waals surface area contributed by atoms with Gasteiger partial charge in [0.1, 0.15) is 5.69 Å². The van der Waals surface area contributed by atoms with Crippen LogP contribution in [0.5, 0.6) is 0 Å². The summed E-state index contributed by atoms with van der Waals surface area (Å²) in [5.74, 6) is 0. The summed E-state index contributed by atoms with van der Waals surface area (Å²) in [5.41, 5.74) is 1.63. The van der Waals surface area contributed by atoms with Crippen LogP contribution in [0.4, 0.5) is 11.4 Å². The summed E-state index contributed by atoms with van der Waals surface area (Å²) in [7, 11) is 3.66. The summed E-state index contributed by atoms with van der Waals surface area (Å²) in [6.45, 7) is 3.69. The molecule has 0 spiro atoms. The maximum Gasteiger partial charge on any atom is 0.292 e. The maximum absolute atomic E-state index is 10.8. The van der Waals surface area contributed by atoms with Crippen LogP contribution >= 0.6 is 0 Å². The van der Waals surface area contributed by atoms with Crippen molar-refractivity contribution < 1.29 is 4.92 Å². The predicted molar refractivity (Wildman–Crippen MR) is 64.7 cm³/mol. The third kappa shape index (κ3) is 2.93. The monoisotopic (exact) mass is 223 g/mol. The topological polar surface area (TPSA) is 58.4 Å². The normalized spacial score (nSPS) is 10.5. The van der Waals surface area contributed by atoms with Gasteiger partial charge in [0.15, 0.2) is 0 Å². The van der Waals surface area contributed by atoms with Gasteiger partial charge in [-0.15, -0.1) is 0 Å². The lowest BCUT2D eigenvalue weighted by atomic mass is 10.1. The predicted octanol–water partition coefficient (Wildman–Crippen LogP) is 2.09. The minimum atomic E-state index is -0.360. The van der Waals surface area contributed by atoms with Crippen molar-refractivity contribution in [2.45, 2.75) is 13.5 Å². The zero-order valence-electron chi connectivity index (χ0n) is 9.86. The van der Waals surface area contributed by atoms with Gasteiger partial charge in [0.25, 0.3) is 5.69 Å². The lowest BCUT2D eigenvalue weighted by Gasteiger charge is -2.14. The van der Waals surface area contributed by atoms with E-state index < -0.39 is 0 Å². The molecule has 16 heavy (non-hydrogen) atoms. The largest absolute Gasteiger partial charge is 0.383 e. The smallest absolute Gasteiger partial charge is 0.292 e. The first-order chi connectivity index (χ1) is 7.58. The number of hydrogen-bond acceptors (Lipinski definition) is 4. The molecule has 5 nitrogen and oxygen atoms in total. The standard InChI is InChI=1S/C11H17N3O2/c1-4-13(3)8-9-5-6-10(12-2)11(7-9)14(15)16/h5-7,12H,4,8H2,1-3H3. The van der Waals surface area contributed by atoms with Crippen molar-refractivity contribution in [3.8, 4) is 0 Å². The second kappa shape index (κ2) is 5.46. The molecule has 0 amide bonds. The Hall–Kier alpha value is -1.62. The Balaban J connectivity index is 2.97. The average molecular weight is 223 g/mol. The van der Waals surface area contributed by atoms with Crippen LogP contribution in [0.1, 0.15) is 12.5 Å². The van der Waals surface area contributed by atoms with Gasteiger partial charge < -0.3 is 10.2 Å². The molecule has 0 aliphatic rings. The van der Waals surface area contributed by atoms with E-state index in [1.165, 1.54) is 0 Å². The second-order valence-electron chi connectivity index (χ2n) is 3.69. The first-order valence-electron chi connectivity index (χ1n) is 5.22. The van der Waals surface area contributed by atoms with Crippen LogP contribution < -0.4 is 5.32 Å². The van der Waals surface area contributed by atoms with Gasteiger partial charge in [-0.05, 0) is 25.2 Å². The number of nitrogens with zero attached hydrogens (tertiary/aromatic N) is 2. The molecule has 1 rings (SSSR count). The van der Waals surface area contributed by atoms with Crippen LogP contribution in [-0.4, -0.2) is 30.5 Å².